The van der Waals surface area contributed by atoms with Gasteiger partial charge in [-0.25, -0.2) is 0 Å². The first-order valence-electron chi connectivity index (χ1n) is 8.62. The third kappa shape index (κ3) is 3.18. The number of hydrogen-bond donors (Lipinski definition) is 0. The third-order valence-electron chi connectivity index (χ3n) is 4.70. The lowest BCUT2D eigenvalue weighted by Crippen LogP contribution is -2.48. The van der Waals surface area contributed by atoms with Crippen LogP contribution in [0.2, 0.25) is 0 Å². The van der Waals surface area contributed by atoms with Gasteiger partial charge in [-0.2, -0.15) is 0 Å². The van der Waals surface area contributed by atoms with Crippen molar-refractivity contribution in [3.8, 4) is 5.75 Å². The zero-order valence-corrected chi connectivity index (χ0v) is 14.6. The average Bonchev–Trinajstić information content (AvgIpc) is 2.73. The van der Waals surface area contributed by atoms with Crippen LogP contribution in [0, 0.1) is 0 Å². The number of carbonyl (C=O) groups is 1. The van der Waals surface area contributed by atoms with Crippen molar-refractivity contribution in [3.63, 3.8) is 0 Å². The van der Waals surface area contributed by atoms with E-state index in [0.29, 0.717) is 18.7 Å². The summed E-state index contributed by atoms with van der Waals surface area (Å²) in [4.78, 5) is 25.5. The smallest absolute Gasteiger partial charge is 0.255 e. The summed E-state index contributed by atoms with van der Waals surface area (Å²) in [7, 11) is 1.63. The average molecular weight is 348 g/mol. The topological polar surface area (TPSA) is 58.6 Å². The van der Waals surface area contributed by atoms with Gasteiger partial charge >= 0.3 is 0 Å². The van der Waals surface area contributed by atoms with E-state index in [1.54, 1.807) is 19.5 Å². The van der Waals surface area contributed by atoms with E-state index in [1.165, 1.54) is 0 Å². The monoisotopic (exact) mass is 348 g/mol. The molecule has 3 aromatic rings. The Labute approximate surface area is 152 Å². The largest absolute Gasteiger partial charge is 0.495 e. The number of rotatable bonds is 3. The highest BCUT2D eigenvalue weighted by molar-refractivity contribution is 5.97. The summed E-state index contributed by atoms with van der Waals surface area (Å²) >= 11 is 0. The molecule has 1 fully saturated rings. The van der Waals surface area contributed by atoms with E-state index in [-0.39, 0.29) is 5.91 Å². The molecular formula is C20H20N4O2. The van der Waals surface area contributed by atoms with Gasteiger partial charge in [0.1, 0.15) is 5.75 Å². The van der Waals surface area contributed by atoms with Crippen LogP contribution in [0.4, 0.5) is 5.69 Å². The number of anilines is 1. The van der Waals surface area contributed by atoms with Crippen LogP contribution in [0.1, 0.15) is 10.4 Å². The number of pyridine rings is 2. The van der Waals surface area contributed by atoms with E-state index in [0.717, 1.165) is 35.4 Å². The number of fused-ring (bicyclic) bond motifs is 1. The standard InChI is InChI=1S/C20H20N4O2/c1-26-18-11-17(13-21-14-18)23-6-8-24(9-7-23)20(25)16-10-15-4-2-3-5-19(15)22-12-16/h2-5,10-14H,6-9H2,1H3. The maximum absolute atomic E-state index is 12.8. The number of carbonyl (C=O) groups excluding carboxylic acids is 1. The van der Waals surface area contributed by atoms with E-state index >= 15 is 0 Å². The second-order valence-electron chi connectivity index (χ2n) is 6.28. The maximum atomic E-state index is 12.8. The first-order valence-corrected chi connectivity index (χ1v) is 8.62. The lowest BCUT2D eigenvalue weighted by molar-refractivity contribution is 0.0746. The minimum Gasteiger partial charge on any atom is -0.495 e. The summed E-state index contributed by atoms with van der Waals surface area (Å²) in [5.74, 6) is 0.773. The minimum atomic E-state index is 0.0340. The fraction of sp³-hybridized carbons (Fsp3) is 0.250. The Morgan fingerprint density at radius 2 is 1.85 bits per heavy atom. The Hall–Kier alpha value is -3.15. The summed E-state index contributed by atoms with van der Waals surface area (Å²) in [5.41, 5.74) is 2.56. The van der Waals surface area contributed by atoms with Crippen molar-refractivity contribution in [3.05, 3.63) is 60.6 Å². The van der Waals surface area contributed by atoms with E-state index in [4.69, 9.17) is 4.74 Å². The Morgan fingerprint density at radius 3 is 2.65 bits per heavy atom. The highest BCUT2D eigenvalue weighted by Crippen LogP contribution is 2.21. The quantitative estimate of drug-likeness (QED) is 0.728. The molecule has 0 unspecified atom stereocenters. The van der Waals surface area contributed by atoms with Crippen molar-refractivity contribution in [1.82, 2.24) is 14.9 Å². The molecule has 0 N–H and O–H groups in total. The number of piperazine rings is 1. The summed E-state index contributed by atoms with van der Waals surface area (Å²) in [5, 5.41) is 0.986. The van der Waals surface area contributed by atoms with Crippen molar-refractivity contribution >= 4 is 22.5 Å². The number of nitrogens with zero attached hydrogens (tertiary/aromatic N) is 4. The van der Waals surface area contributed by atoms with E-state index in [9.17, 15) is 4.79 Å². The highest BCUT2D eigenvalue weighted by Gasteiger charge is 2.23. The van der Waals surface area contributed by atoms with Crippen molar-refractivity contribution < 1.29 is 9.53 Å². The molecule has 0 aliphatic carbocycles. The number of ether oxygens (including phenoxy) is 1. The molecule has 1 amide bonds. The number of benzene rings is 1. The molecule has 3 heterocycles. The van der Waals surface area contributed by atoms with Crippen molar-refractivity contribution in [2.75, 3.05) is 38.2 Å². The van der Waals surface area contributed by atoms with Gasteiger partial charge in [-0.3, -0.25) is 14.8 Å². The summed E-state index contributed by atoms with van der Waals surface area (Å²) < 4.78 is 5.24. The molecule has 26 heavy (non-hydrogen) atoms. The molecule has 6 nitrogen and oxygen atoms in total. The molecule has 6 heteroatoms. The van der Waals surface area contributed by atoms with Crippen molar-refractivity contribution in [2.45, 2.75) is 0 Å². The summed E-state index contributed by atoms with van der Waals surface area (Å²) in [6.07, 6.45) is 5.19. The van der Waals surface area contributed by atoms with Crippen LogP contribution in [-0.2, 0) is 0 Å². The van der Waals surface area contributed by atoms with Gasteiger partial charge in [-0.1, -0.05) is 18.2 Å². The molecule has 4 rings (SSSR count). The molecule has 2 aromatic heterocycles. The number of para-hydroxylation sites is 1. The van der Waals surface area contributed by atoms with Crippen LogP contribution in [-0.4, -0.2) is 54.1 Å². The lowest BCUT2D eigenvalue weighted by Gasteiger charge is -2.36. The highest BCUT2D eigenvalue weighted by atomic mass is 16.5. The Morgan fingerprint density at radius 1 is 1.04 bits per heavy atom. The Kier molecular flexibility index (Phi) is 4.39. The molecule has 0 saturated carbocycles. The van der Waals surface area contributed by atoms with Crippen LogP contribution in [0.25, 0.3) is 10.9 Å². The van der Waals surface area contributed by atoms with E-state index < -0.39 is 0 Å². The molecule has 0 atom stereocenters. The van der Waals surface area contributed by atoms with Gasteiger partial charge in [0.05, 0.1) is 36.3 Å². The van der Waals surface area contributed by atoms with Crippen LogP contribution in [0.15, 0.2) is 55.0 Å². The SMILES string of the molecule is COc1cncc(N2CCN(C(=O)c3cnc4ccccc4c3)CC2)c1. The van der Waals surface area contributed by atoms with Crippen LogP contribution in [0.3, 0.4) is 0 Å². The molecule has 0 radical (unpaired) electrons. The molecule has 1 saturated heterocycles. The van der Waals surface area contributed by atoms with Crippen LogP contribution < -0.4 is 9.64 Å². The minimum absolute atomic E-state index is 0.0340. The fourth-order valence-corrected chi connectivity index (χ4v) is 3.23. The fourth-order valence-electron chi connectivity index (χ4n) is 3.23. The molecule has 1 aliphatic rings. The zero-order chi connectivity index (χ0) is 17.9. The second kappa shape index (κ2) is 7.00. The predicted molar refractivity (Wildman–Crippen MR) is 101 cm³/mol. The zero-order valence-electron chi connectivity index (χ0n) is 14.6. The van der Waals surface area contributed by atoms with Gasteiger partial charge in [0.2, 0.25) is 0 Å². The van der Waals surface area contributed by atoms with Crippen molar-refractivity contribution in [1.29, 1.82) is 0 Å². The maximum Gasteiger partial charge on any atom is 0.255 e. The molecule has 0 bridgehead atoms. The molecule has 132 valence electrons. The first-order chi connectivity index (χ1) is 12.7. The Balaban J connectivity index is 1.45. The molecule has 0 spiro atoms. The molecule has 1 aliphatic heterocycles. The Bertz CT molecular complexity index is 936. The lowest BCUT2D eigenvalue weighted by atomic mass is 10.1. The first kappa shape index (κ1) is 16.3. The van der Waals surface area contributed by atoms with Gasteiger partial charge in [-0.15, -0.1) is 0 Å². The predicted octanol–water partition coefficient (Wildman–Crippen LogP) is 2.60. The normalized spacial score (nSPS) is 14.5. The van der Waals surface area contributed by atoms with E-state index in [1.807, 2.05) is 47.5 Å². The number of amides is 1. The van der Waals surface area contributed by atoms with Crippen LogP contribution in [0.5, 0.6) is 5.75 Å². The summed E-state index contributed by atoms with van der Waals surface area (Å²) in [6.45, 7) is 2.87. The van der Waals surface area contributed by atoms with E-state index in [2.05, 4.69) is 14.9 Å². The second-order valence-corrected chi connectivity index (χ2v) is 6.28. The number of hydrogen-bond acceptors (Lipinski definition) is 5. The number of methoxy groups -OCH3 is 1. The van der Waals surface area contributed by atoms with Gasteiger partial charge < -0.3 is 14.5 Å². The molecular weight excluding hydrogens is 328 g/mol. The number of aromatic nitrogens is 2. The van der Waals surface area contributed by atoms with Gasteiger partial charge in [-0.05, 0) is 12.1 Å². The van der Waals surface area contributed by atoms with Crippen LogP contribution >= 0.6 is 0 Å². The van der Waals surface area contributed by atoms with Gasteiger partial charge in [0.15, 0.2) is 0 Å². The van der Waals surface area contributed by atoms with Gasteiger partial charge in [0.25, 0.3) is 5.91 Å². The molecule has 1 aromatic carbocycles. The van der Waals surface area contributed by atoms with Crippen molar-refractivity contribution in [2.24, 2.45) is 0 Å². The third-order valence-corrected chi connectivity index (χ3v) is 4.70. The summed E-state index contributed by atoms with van der Waals surface area (Å²) in [6, 6.07) is 11.7. The van der Waals surface area contributed by atoms with Gasteiger partial charge in [0, 0.05) is 43.8 Å².